The third-order valence-corrected chi connectivity index (χ3v) is 3.24. The van der Waals surface area contributed by atoms with E-state index in [0.717, 1.165) is 19.4 Å². The van der Waals surface area contributed by atoms with Crippen LogP contribution in [-0.4, -0.2) is 31.9 Å². The van der Waals surface area contributed by atoms with Crippen LogP contribution >= 0.6 is 0 Å². The highest BCUT2D eigenvalue weighted by Crippen LogP contribution is 2.24. The minimum atomic E-state index is -0.278. The van der Waals surface area contributed by atoms with Gasteiger partial charge in [0.25, 0.3) is 0 Å². The Morgan fingerprint density at radius 2 is 2.29 bits per heavy atom. The van der Waals surface area contributed by atoms with Crippen molar-refractivity contribution in [2.24, 2.45) is 0 Å². The van der Waals surface area contributed by atoms with Crippen molar-refractivity contribution in [3.05, 3.63) is 36.9 Å². The van der Waals surface area contributed by atoms with Gasteiger partial charge in [0, 0.05) is 13.2 Å². The van der Waals surface area contributed by atoms with Gasteiger partial charge in [-0.25, -0.2) is 4.79 Å². The van der Waals surface area contributed by atoms with Gasteiger partial charge in [-0.15, -0.1) is 6.58 Å². The Bertz CT molecular complexity index is 470. The van der Waals surface area contributed by atoms with Gasteiger partial charge in [-0.05, 0) is 31.4 Å². The van der Waals surface area contributed by atoms with Crippen molar-refractivity contribution >= 4 is 11.7 Å². The Hall–Kier alpha value is -2.01. The number of urea groups is 1. The quantitative estimate of drug-likeness (QED) is 0.792. The molecule has 1 saturated heterocycles. The first-order valence-corrected chi connectivity index (χ1v) is 7.29. The molecule has 21 heavy (non-hydrogen) atoms. The molecule has 0 spiro atoms. The normalized spacial score (nSPS) is 17.8. The van der Waals surface area contributed by atoms with E-state index in [1.165, 1.54) is 6.42 Å². The number of benzene rings is 1. The van der Waals surface area contributed by atoms with Crippen LogP contribution < -0.4 is 15.4 Å². The van der Waals surface area contributed by atoms with Gasteiger partial charge in [-0.1, -0.05) is 18.2 Å². The van der Waals surface area contributed by atoms with Gasteiger partial charge in [0.2, 0.25) is 0 Å². The van der Waals surface area contributed by atoms with Gasteiger partial charge < -0.3 is 20.1 Å². The second kappa shape index (κ2) is 8.32. The fourth-order valence-corrected chi connectivity index (χ4v) is 2.15. The van der Waals surface area contributed by atoms with E-state index in [2.05, 4.69) is 17.2 Å². The average molecular weight is 290 g/mol. The maximum Gasteiger partial charge on any atom is 0.319 e. The number of anilines is 1. The second-order valence-corrected chi connectivity index (χ2v) is 4.92. The molecule has 2 N–H and O–H groups in total. The summed E-state index contributed by atoms with van der Waals surface area (Å²) in [7, 11) is 0. The topological polar surface area (TPSA) is 59.6 Å². The van der Waals surface area contributed by atoms with Gasteiger partial charge in [-0.2, -0.15) is 0 Å². The van der Waals surface area contributed by atoms with E-state index in [-0.39, 0.29) is 12.1 Å². The Labute approximate surface area is 125 Å². The van der Waals surface area contributed by atoms with E-state index in [4.69, 9.17) is 9.47 Å². The van der Waals surface area contributed by atoms with Crippen molar-refractivity contribution in [3.63, 3.8) is 0 Å². The summed E-state index contributed by atoms with van der Waals surface area (Å²) in [4.78, 5) is 11.7. The molecule has 0 bridgehead atoms. The molecular weight excluding hydrogens is 268 g/mol. The van der Waals surface area contributed by atoms with E-state index >= 15 is 0 Å². The molecule has 1 aliphatic rings. The monoisotopic (exact) mass is 290 g/mol. The summed E-state index contributed by atoms with van der Waals surface area (Å²) in [5.41, 5.74) is 0.648. The van der Waals surface area contributed by atoms with Crippen molar-refractivity contribution in [1.29, 1.82) is 0 Å². The second-order valence-electron chi connectivity index (χ2n) is 4.92. The molecule has 2 amide bonds. The maximum absolute atomic E-state index is 11.7. The average Bonchev–Trinajstić information content (AvgIpc) is 2.53. The zero-order valence-corrected chi connectivity index (χ0v) is 12.1. The Kier molecular flexibility index (Phi) is 6.09. The Morgan fingerprint density at radius 3 is 3.05 bits per heavy atom. The van der Waals surface area contributed by atoms with E-state index in [0.29, 0.717) is 24.6 Å². The summed E-state index contributed by atoms with van der Waals surface area (Å²) in [6.07, 6.45) is 5.09. The summed E-state index contributed by atoms with van der Waals surface area (Å²) in [6.45, 7) is 5.29. The minimum Gasteiger partial charge on any atom is -0.489 e. The number of rotatable bonds is 6. The van der Waals surface area contributed by atoms with Crippen molar-refractivity contribution < 1.29 is 14.3 Å². The predicted molar refractivity (Wildman–Crippen MR) is 82.7 cm³/mol. The molecule has 0 aromatic heterocycles. The van der Waals surface area contributed by atoms with Crippen LogP contribution in [0.2, 0.25) is 0 Å². The molecule has 1 atom stereocenters. The van der Waals surface area contributed by atoms with Crippen LogP contribution in [0.4, 0.5) is 10.5 Å². The molecule has 1 aliphatic heterocycles. The molecule has 1 heterocycles. The van der Waals surface area contributed by atoms with Gasteiger partial charge in [0.05, 0.1) is 11.8 Å². The third-order valence-electron chi connectivity index (χ3n) is 3.24. The molecule has 1 unspecified atom stereocenters. The Morgan fingerprint density at radius 1 is 1.43 bits per heavy atom. The number of hydrogen-bond donors (Lipinski definition) is 2. The fourth-order valence-electron chi connectivity index (χ4n) is 2.15. The molecule has 114 valence electrons. The summed E-state index contributed by atoms with van der Waals surface area (Å²) in [5, 5.41) is 5.43. The number of carbonyl (C=O) groups excluding carboxylic acids is 1. The highest BCUT2D eigenvalue weighted by Gasteiger charge is 2.15. The van der Waals surface area contributed by atoms with Crippen molar-refractivity contribution in [2.45, 2.75) is 25.4 Å². The first kappa shape index (κ1) is 15.4. The summed E-state index contributed by atoms with van der Waals surface area (Å²) in [5.74, 6) is 0.653. The largest absolute Gasteiger partial charge is 0.489 e. The van der Waals surface area contributed by atoms with Crippen LogP contribution in [0.1, 0.15) is 19.3 Å². The minimum absolute atomic E-state index is 0.140. The van der Waals surface area contributed by atoms with Crippen LogP contribution in [0.15, 0.2) is 36.9 Å². The van der Waals surface area contributed by atoms with Crippen LogP contribution in [-0.2, 0) is 4.74 Å². The number of nitrogens with one attached hydrogen (secondary N) is 2. The number of para-hydroxylation sites is 2. The highest BCUT2D eigenvalue weighted by atomic mass is 16.5. The molecule has 5 heteroatoms. The highest BCUT2D eigenvalue weighted by molar-refractivity contribution is 5.90. The van der Waals surface area contributed by atoms with Gasteiger partial charge in [-0.3, -0.25) is 0 Å². The van der Waals surface area contributed by atoms with Crippen LogP contribution in [0.5, 0.6) is 5.75 Å². The molecule has 0 saturated carbocycles. The number of carbonyl (C=O) groups is 1. The van der Waals surface area contributed by atoms with Crippen LogP contribution in [0.25, 0.3) is 0 Å². The van der Waals surface area contributed by atoms with E-state index in [1.54, 1.807) is 6.08 Å². The number of hydrogen-bond acceptors (Lipinski definition) is 3. The van der Waals surface area contributed by atoms with E-state index in [9.17, 15) is 4.79 Å². The number of amides is 2. The SMILES string of the molecule is C=CCNC(=O)Nc1ccccc1OCC1CCCCO1. The standard InChI is InChI=1S/C16H22N2O3/c1-2-10-17-16(19)18-14-8-3-4-9-15(14)21-12-13-7-5-6-11-20-13/h2-4,8-9,13H,1,5-7,10-12H2,(H2,17,18,19). The smallest absolute Gasteiger partial charge is 0.319 e. The Balaban J connectivity index is 1.89. The van der Waals surface area contributed by atoms with Crippen molar-refractivity contribution in [2.75, 3.05) is 25.1 Å². The summed E-state index contributed by atoms with van der Waals surface area (Å²) >= 11 is 0. The lowest BCUT2D eigenvalue weighted by molar-refractivity contribution is -0.0109. The van der Waals surface area contributed by atoms with Gasteiger partial charge in [0.1, 0.15) is 12.4 Å². The molecular formula is C16H22N2O3. The first-order valence-electron chi connectivity index (χ1n) is 7.29. The lowest BCUT2D eigenvalue weighted by Gasteiger charge is -2.23. The molecule has 2 rings (SSSR count). The molecule has 0 aliphatic carbocycles. The zero-order chi connectivity index (χ0) is 14.9. The van der Waals surface area contributed by atoms with E-state index in [1.807, 2.05) is 24.3 Å². The predicted octanol–water partition coefficient (Wildman–Crippen LogP) is 2.94. The molecule has 5 nitrogen and oxygen atoms in total. The zero-order valence-electron chi connectivity index (χ0n) is 12.1. The molecule has 1 fully saturated rings. The molecule has 1 aromatic rings. The van der Waals surface area contributed by atoms with Gasteiger partial charge in [0.15, 0.2) is 0 Å². The lowest BCUT2D eigenvalue weighted by atomic mass is 10.1. The molecule has 1 aromatic carbocycles. The maximum atomic E-state index is 11.7. The summed E-state index contributed by atoms with van der Waals surface area (Å²) in [6, 6.07) is 7.10. The third kappa shape index (κ3) is 5.11. The number of ether oxygens (including phenoxy) is 2. The molecule has 0 radical (unpaired) electrons. The lowest BCUT2D eigenvalue weighted by Crippen LogP contribution is -2.29. The van der Waals surface area contributed by atoms with Crippen LogP contribution in [0, 0.1) is 0 Å². The first-order chi connectivity index (χ1) is 10.3. The van der Waals surface area contributed by atoms with Crippen molar-refractivity contribution in [3.8, 4) is 5.75 Å². The van der Waals surface area contributed by atoms with Crippen molar-refractivity contribution in [1.82, 2.24) is 5.32 Å². The fraction of sp³-hybridized carbons (Fsp3) is 0.438. The summed E-state index contributed by atoms with van der Waals surface area (Å²) < 4.78 is 11.4. The van der Waals surface area contributed by atoms with Gasteiger partial charge >= 0.3 is 6.03 Å². The van der Waals surface area contributed by atoms with E-state index < -0.39 is 0 Å². The van der Waals surface area contributed by atoms with Crippen LogP contribution in [0.3, 0.4) is 0 Å².